The van der Waals surface area contributed by atoms with Crippen molar-refractivity contribution in [3.63, 3.8) is 0 Å². The second kappa shape index (κ2) is 6.04. The highest BCUT2D eigenvalue weighted by molar-refractivity contribution is 5.78. The molecule has 2 aromatic rings. The second-order valence-corrected chi connectivity index (χ2v) is 4.30. The first-order chi connectivity index (χ1) is 9.19. The average molecular weight is 259 g/mol. The van der Waals surface area contributed by atoms with Crippen LogP contribution < -0.4 is 5.32 Å². The standard InChI is InChI=1S/C14H17N3O2/c1-11(14(18)19-2)16-13-8-15-17(10-13)9-12-6-4-3-5-7-12/h3-8,10-11,16H,9H2,1-2H3. The molecule has 1 unspecified atom stereocenters. The summed E-state index contributed by atoms with van der Waals surface area (Å²) in [4.78, 5) is 11.3. The van der Waals surface area contributed by atoms with Gasteiger partial charge < -0.3 is 10.1 Å². The molecular weight excluding hydrogens is 242 g/mol. The van der Waals surface area contributed by atoms with Gasteiger partial charge in [0.05, 0.1) is 25.5 Å². The minimum Gasteiger partial charge on any atom is -0.467 e. The molecule has 1 heterocycles. The highest BCUT2D eigenvalue weighted by atomic mass is 16.5. The molecule has 0 amide bonds. The summed E-state index contributed by atoms with van der Waals surface area (Å²) in [7, 11) is 1.37. The van der Waals surface area contributed by atoms with Gasteiger partial charge in [0.25, 0.3) is 0 Å². The first kappa shape index (κ1) is 13.1. The Kier molecular flexibility index (Phi) is 4.18. The number of hydrogen-bond donors (Lipinski definition) is 1. The number of carbonyl (C=O) groups is 1. The highest BCUT2D eigenvalue weighted by Gasteiger charge is 2.13. The predicted octanol–water partition coefficient (Wildman–Crippen LogP) is 1.90. The lowest BCUT2D eigenvalue weighted by Gasteiger charge is -2.10. The zero-order valence-corrected chi connectivity index (χ0v) is 11.0. The Bertz CT molecular complexity index is 537. The van der Waals surface area contributed by atoms with Crippen LogP contribution in [0.25, 0.3) is 0 Å². The van der Waals surface area contributed by atoms with Gasteiger partial charge in [0.2, 0.25) is 0 Å². The molecule has 1 atom stereocenters. The number of methoxy groups -OCH3 is 1. The molecule has 0 saturated carbocycles. The van der Waals surface area contributed by atoms with Gasteiger partial charge in [-0.3, -0.25) is 4.68 Å². The first-order valence-electron chi connectivity index (χ1n) is 6.10. The molecule has 1 aromatic carbocycles. The van der Waals surface area contributed by atoms with E-state index in [9.17, 15) is 4.79 Å². The molecule has 1 N–H and O–H groups in total. The maximum absolute atomic E-state index is 11.3. The molecule has 1 aromatic heterocycles. The molecule has 0 radical (unpaired) electrons. The van der Waals surface area contributed by atoms with Crippen molar-refractivity contribution < 1.29 is 9.53 Å². The van der Waals surface area contributed by atoms with E-state index in [1.54, 1.807) is 13.1 Å². The van der Waals surface area contributed by atoms with Gasteiger partial charge in [-0.1, -0.05) is 30.3 Å². The van der Waals surface area contributed by atoms with Gasteiger partial charge in [-0.05, 0) is 12.5 Å². The molecule has 0 aliphatic carbocycles. The fraction of sp³-hybridized carbons (Fsp3) is 0.286. The van der Waals surface area contributed by atoms with Gasteiger partial charge >= 0.3 is 5.97 Å². The SMILES string of the molecule is COC(=O)C(C)Nc1cnn(Cc2ccccc2)c1. The number of esters is 1. The first-order valence-corrected chi connectivity index (χ1v) is 6.10. The van der Waals surface area contributed by atoms with Crippen molar-refractivity contribution in [2.45, 2.75) is 19.5 Å². The highest BCUT2D eigenvalue weighted by Crippen LogP contribution is 2.09. The maximum Gasteiger partial charge on any atom is 0.327 e. The maximum atomic E-state index is 11.3. The summed E-state index contributed by atoms with van der Waals surface area (Å²) in [6, 6.07) is 9.68. The number of nitrogens with one attached hydrogen (secondary N) is 1. The number of rotatable bonds is 5. The molecular formula is C14H17N3O2. The quantitative estimate of drug-likeness (QED) is 0.833. The third kappa shape index (κ3) is 3.58. The third-order valence-electron chi connectivity index (χ3n) is 2.76. The van der Waals surface area contributed by atoms with Crippen LogP contribution in [0.3, 0.4) is 0 Å². The number of hydrogen-bond acceptors (Lipinski definition) is 4. The molecule has 100 valence electrons. The van der Waals surface area contributed by atoms with Crippen LogP contribution in [0.1, 0.15) is 12.5 Å². The van der Waals surface area contributed by atoms with Crippen LogP contribution in [0, 0.1) is 0 Å². The number of ether oxygens (including phenoxy) is 1. The molecule has 0 fully saturated rings. The van der Waals surface area contributed by atoms with E-state index in [1.165, 1.54) is 12.7 Å². The molecule has 2 rings (SSSR count). The van der Waals surface area contributed by atoms with Crippen LogP contribution in [0.4, 0.5) is 5.69 Å². The molecule has 0 spiro atoms. The van der Waals surface area contributed by atoms with E-state index in [4.69, 9.17) is 0 Å². The van der Waals surface area contributed by atoms with Crippen molar-refractivity contribution in [3.8, 4) is 0 Å². The van der Waals surface area contributed by atoms with Gasteiger partial charge in [-0.15, -0.1) is 0 Å². The van der Waals surface area contributed by atoms with E-state index in [2.05, 4.69) is 15.2 Å². The van der Waals surface area contributed by atoms with Crippen LogP contribution in [-0.4, -0.2) is 28.9 Å². The Morgan fingerprint density at radius 1 is 1.42 bits per heavy atom. The van der Waals surface area contributed by atoms with E-state index in [-0.39, 0.29) is 12.0 Å². The number of nitrogens with zero attached hydrogens (tertiary/aromatic N) is 2. The largest absolute Gasteiger partial charge is 0.467 e. The lowest BCUT2D eigenvalue weighted by atomic mass is 10.2. The zero-order chi connectivity index (χ0) is 13.7. The van der Waals surface area contributed by atoms with E-state index in [0.29, 0.717) is 6.54 Å². The van der Waals surface area contributed by atoms with Crippen LogP contribution in [0.5, 0.6) is 0 Å². The summed E-state index contributed by atoms with van der Waals surface area (Å²) >= 11 is 0. The Morgan fingerprint density at radius 2 is 2.16 bits per heavy atom. The number of anilines is 1. The van der Waals surface area contributed by atoms with Crippen molar-refractivity contribution in [2.24, 2.45) is 0 Å². The smallest absolute Gasteiger partial charge is 0.327 e. The van der Waals surface area contributed by atoms with Crippen LogP contribution in [-0.2, 0) is 16.1 Å². The third-order valence-corrected chi connectivity index (χ3v) is 2.76. The van der Waals surface area contributed by atoms with Crippen LogP contribution in [0.2, 0.25) is 0 Å². The Morgan fingerprint density at radius 3 is 2.84 bits per heavy atom. The topological polar surface area (TPSA) is 56.1 Å². The van der Waals surface area contributed by atoms with Gasteiger partial charge in [-0.25, -0.2) is 4.79 Å². The molecule has 0 aliphatic heterocycles. The number of carbonyl (C=O) groups excluding carboxylic acids is 1. The molecule has 5 heteroatoms. The van der Waals surface area contributed by atoms with Gasteiger partial charge in [0, 0.05) is 6.20 Å². The summed E-state index contributed by atoms with van der Waals surface area (Å²) < 4.78 is 6.48. The molecule has 5 nitrogen and oxygen atoms in total. The zero-order valence-electron chi connectivity index (χ0n) is 11.0. The van der Waals surface area contributed by atoms with E-state index in [0.717, 1.165) is 5.69 Å². The van der Waals surface area contributed by atoms with Crippen molar-refractivity contribution in [1.29, 1.82) is 0 Å². The Balaban J connectivity index is 1.98. The predicted molar refractivity (Wildman–Crippen MR) is 72.9 cm³/mol. The van der Waals surface area contributed by atoms with Gasteiger partial charge in [0.1, 0.15) is 6.04 Å². The fourth-order valence-corrected chi connectivity index (χ4v) is 1.78. The normalized spacial score (nSPS) is 11.9. The van der Waals surface area contributed by atoms with E-state index in [1.807, 2.05) is 41.2 Å². The minimum absolute atomic E-state index is 0.296. The summed E-state index contributed by atoms with van der Waals surface area (Å²) in [6.45, 7) is 2.45. The van der Waals surface area contributed by atoms with E-state index < -0.39 is 0 Å². The number of benzene rings is 1. The summed E-state index contributed by atoms with van der Waals surface area (Å²) in [5, 5.41) is 7.29. The van der Waals surface area contributed by atoms with Crippen molar-refractivity contribution in [1.82, 2.24) is 9.78 Å². The summed E-state index contributed by atoms with van der Waals surface area (Å²) in [5.41, 5.74) is 1.98. The van der Waals surface area contributed by atoms with Gasteiger partial charge in [0.15, 0.2) is 0 Å². The molecule has 0 bridgehead atoms. The van der Waals surface area contributed by atoms with Gasteiger partial charge in [-0.2, -0.15) is 5.10 Å². The Labute approximate surface area is 112 Å². The van der Waals surface area contributed by atoms with Crippen LogP contribution >= 0.6 is 0 Å². The average Bonchev–Trinajstić information content (AvgIpc) is 2.86. The lowest BCUT2D eigenvalue weighted by Crippen LogP contribution is -2.26. The lowest BCUT2D eigenvalue weighted by molar-refractivity contribution is -0.141. The Hall–Kier alpha value is -2.30. The van der Waals surface area contributed by atoms with Crippen molar-refractivity contribution in [2.75, 3.05) is 12.4 Å². The molecule has 19 heavy (non-hydrogen) atoms. The molecule has 0 saturated heterocycles. The summed E-state index contributed by atoms with van der Waals surface area (Å²) in [5.74, 6) is -0.296. The van der Waals surface area contributed by atoms with Crippen LogP contribution in [0.15, 0.2) is 42.7 Å². The van der Waals surface area contributed by atoms with Crippen molar-refractivity contribution in [3.05, 3.63) is 48.3 Å². The summed E-state index contributed by atoms with van der Waals surface area (Å²) in [6.07, 6.45) is 3.56. The van der Waals surface area contributed by atoms with E-state index >= 15 is 0 Å². The fourth-order valence-electron chi connectivity index (χ4n) is 1.78. The molecule has 0 aliphatic rings. The second-order valence-electron chi connectivity index (χ2n) is 4.30. The minimum atomic E-state index is -0.389. The monoisotopic (exact) mass is 259 g/mol. The number of aromatic nitrogens is 2. The van der Waals surface area contributed by atoms with Crippen molar-refractivity contribution >= 4 is 11.7 Å².